The number of Topliss-reactive ketones (excluding diaryl/α,β-unsaturated/α-hetero) is 2. The molecule has 0 aliphatic heterocycles. The van der Waals surface area contributed by atoms with Crippen LogP contribution in [0.4, 0.5) is 11.4 Å². The van der Waals surface area contributed by atoms with Gasteiger partial charge in [0.2, 0.25) is 27.2 Å². The van der Waals surface area contributed by atoms with Gasteiger partial charge in [0.1, 0.15) is 5.70 Å². The highest BCUT2D eigenvalue weighted by atomic mass is 32.2. The Morgan fingerprint density at radius 2 is 1.29 bits per heavy atom. The van der Waals surface area contributed by atoms with Gasteiger partial charge in [0.15, 0.2) is 11.5 Å². The number of carbonyl (C=O) groups excluding carboxylic acids is 3. The van der Waals surface area contributed by atoms with E-state index in [1.807, 2.05) is 17.5 Å². The van der Waals surface area contributed by atoms with Gasteiger partial charge in [-0.25, -0.2) is 8.42 Å². The van der Waals surface area contributed by atoms with E-state index < -0.39 is 15.7 Å². The molecule has 1 heterocycles. The van der Waals surface area contributed by atoms with Crippen LogP contribution in [0.5, 0.6) is 17.2 Å². The van der Waals surface area contributed by atoms with Gasteiger partial charge >= 0.3 is 0 Å². The Morgan fingerprint density at radius 3 is 1.82 bits per heavy atom. The van der Waals surface area contributed by atoms with Gasteiger partial charge in [-0.15, -0.1) is 11.3 Å². The van der Waals surface area contributed by atoms with Crippen molar-refractivity contribution in [3.63, 3.8) is 0 Å². The number of allylic oxidation sites excluding steroid dienone is 2. The van der Waals surface area contributed by atoms with E-state index in [-0.39, 0.29) is 37.5 Å². The number of carbonyl (C=O) groups is 3. The van der Waals surface area contributed by atoms with E-state index >= 15 is 0 Å². The first-order chi connectivity index (χ1) is 23.6. The Bertz CT molecular complexity index is 2190. The van der Waals surface area contributed by atoms with Crippen LogP contribution in [0, 0.1) is 0 Å². The third-order valence-corrected chi connectivity index (χ3v) is 11.5. The van der Waals surface area contributed by atoms with Gasteiger partial charge in [-0.3, -0.25) is 14.4 Å². The number of nitrogens with one attached hydrogen (secondary N) is 2. The van der Waals surface area contributed by atoms with Crippen LogP contribution in [0.2, 0.25) is 0 Å². The number of hydrogen-bond donors (Lipinski definition) is 2. The molecule has 0 fully saturated rings. The van der Waals surface area contributed by atoms with Crippen molar-refractivity contribution in [2.45, 2.75) is 14.0 Å². The normalized spacial score (nSPS) is 12.7. The summed E-state index contributed by atoms with van der Waals surface area (Å²) in [6.07, 6.45) is 0. The lowest BCUT2D eigenvalue weighted by Gasteiger charge is -2.21. The number of anilines is 2. The molecule has 1 aromatic heterocycles. The molecule has 0 saturated carbocycles. The number of sulfone groups is 1. The molecule has 5 aromatic rings. The summed E-state index contributed by atoms with van der Waals surface area (Å²) in [4.78, 5) is 40.3. The molecule has 0 radical (unpaired) electrons. The predicted molar refractivity (Wildman–Crippen MR) is 188 cm³/mol. The van der Waals surface area contributed by atoms with Gasteiger partial charge in [0.05, 0.1) is 40.2 Å². The molecule has 0 saturated heterocycles. The third-order valence-electron chi connectivity index (χ3n) is 7.56. The van der Waals surface area contributed by atoms with Crippen molar-refractivity contribution in [3.8, 4) is 17.2 Å². The number of ether oxygens (including phenoxy) is 3. The highest BCUT2D eigenvalue weighted by molar-refractivity contribution is 8.05. The van der Waals surface area contributed by atoms with E-state index in [4.69, 9.17) is 14.2 Å². The minimum atomic E-state index is -3.94. The molecule has 2 N–H and O–H groups in total. The standard InChI is InChI=1S/C36H28N2O8S3/c1-44-28-19-21(20-29(45-2)34(28)46-3)36(41)38-23-12-16-25(17-13-23)49(42,43)24-14-10-22(11-15-24)37-31-32(39)26-7-4-5-8-27(26)33(40)35(31)48-30-9-6-18-47-30/h4-20,37H,1-3H3,(H,38,41). The quantitative estimate of drug-likeness (QED) is 0.143. The van der Waals surface area contributed by atoms with Crippen LogP contribution in [0.1, 0.15) is 31.1 Å². The lowest BCUT2D eigenvalue weighted by Crippen LogP contribution is -2.25. The number of hydrogen-bond acceptors (Lipinski definition) is 11. The van der Waals surface area contributed by atoms with Crippen LogP contribution < -0.4 is 24.8 Å². The van der Waals surface area contributed by atoms with Crippen molar-refractivity contribution in [1.82, 2.24) is 0 Å². The minimum absolute atomic E-state index is 0.0148. The molecule has 1 aliphatic rings. The molecule has 4 aromatic carbocycles. The Labute approximate surface area is 290 Å². The van der Waals surface area contributed by atoms with Gasteiger partial charge in [0.25, 0.3) is 5.91 Å². The number of fused-ring (bicyclic) bond motifs is 1. The van der Waals surface area contributed by atoms with Gasteiger partial charge in [-0.1, -0.05) is 42.1 Å². The SMILES string of the molecule is COc1cc(C(=O)Nc2ccc(S(=O)(=O)c3ccc(NC4=C(Sc5cccs5)C(=O)c5ccccc5C4=O)cc3)cc2)cc(OC)c1OC. The highest BCUT2D eigenvalue weighted by Gasteiger charge is 2.33. The molecule has 0 unspecified atom stereocenters. The first-order valence-corrected chi connectivity index (χ1v) is 17.8. The van der Waals surface area contributed by atoms with E-state index in [9.17, 15) is 22.8 Å². The molecule has 0 spiro atoms. The van der Waals surface area contributed by atoms with Gasteiger partial charge in [-0.05, 0) is 72.1 Å². The lowest BCUT2D eigenvalue weighted by molar-refractivity contribution is 0.0982. The second-order valence-electron chi connectivity index (χ2n) is 10.5. The Kier molecular flexibility index (Phi) is 9.58. The Hall–Kier alpha value is -5.37. The maximum absolute atomic E-state index is 13.6. The van der Waals surface area contributed by atoms with E-state index in [1.165, 1.54) is 105 Å². The summed E-state index contributed by atoms with van der Waals surface area (Å²) in [7, 11) is 0.413. The number of thiophene rings is 1. The first-order valence-electron chi connectivity index (χ1n) is 14.6. The van der Waals surface area contributed by atoms with E-state index in [0.29, 0.717) is 39.8 Å². The van der Waals surface area contributed by atoms with Crippen molar-refractivity contribution in [1.29, 1.82) is 0 Å². The van der Waals surface area contributed by atoms with Crippen LogP contribution in [-0.2, 0) is 9.84 Å². The zero-order chi connectivity index (χ0) is 34.7. The second-order valence-corrected chi connectivity index (χ2v) is 14.7. The molecular weight excluding hydrogens is 685 g/mol. The number of thioether (sulfide) groups is 1. The molecule has 10 nitrogen and oxygen atoms in total. The van der Waals surface area contributed by atoms with Gasteiger partial charge in [0, 0.05) is 28.1 Å². The van der Waals surface area contributed by atoms with Crippen LogP contribution in [-0.4, -0.2) is 47.2 Å². The number of benzene rings is 4. The average molecular weight is 713 g/mol. The molecule has 13 heteroatoms. The van der Waals surface area contributed by atoms with Gasteiger partial charge in [-0.2, -0.15) is 0 Å². The number of amides is 1. The minimum Gasteiger partial charge on any atom is -0.493 e. The summed E-state index contributed by atoms with van der Waals surface area (Å²) in [5.74, 6) is -0.0896. The van der Waals surface area contributed by atoms with Crippen LogP contribution >= 0.6 is 23.1 Å². The van der Waals surface area contributed by atoms with Crippen molar-refractivity contribution in [2.75, 3.05) is 32.0 Å². The van der Waals surface area contributed by atoms with Crippen LogP contribution in [0.25, 0.3) is 0 Å². The Morgan fingerprint density at radius 1 is 0.714 bits per heavy atom. The number of rotatable bonds is 11. The van der Waals surface area contributed by atoms with Crippen LogP contribution in [0.15, 0.2) is 127 Å². The van der Waals surface area contributed by atoms with Crippen molar-refractivity contribution in [2.24, 2.45) is 0 Å². The maximum Gasteiger partial charge on any atom is 0.255 e. The van der Waals surface area contributed by atoms with Crippen molar-refractivity contribution < 1.29 is 37.0 Å². The predicted octanol–water partition coefficient (Wildman–Crippen LogP) is 7.35. The Balaban J connectivity index is 1.20. The highest BCUT2D eigenvalue weighted by Crippen LogP contribution is 2.40. The topological polar surface area (TPSA) is 137 Å². The largest absolute Gasteiger partial charge is 0.493 e. The summed E-state index contributed by atoms with van der Waals surface area (Å²) >= 11 is 2.67. The summed E-state index contributed by atoms with van der Waals surface area (Å²) in [6.45, 7) is 0. The smallest absolute Gasteiger partial charge is 0.255 e. The fraction of sp³-hybridized carbons (Fsp3) is 0.0833. The summed E-state index contributed by atoms with van der Waals surface area (Å²) in [5, 5.41) is 7.71. The van der Waals surface area contributed by atoms with E-state index in [2.05, 4.69) is 10.6 Å². The molecular formula is C36H28N2O8S3. The second kappa shape index (κ2) is 14.0. The lowest BCUT2D eigenvalue weighted by atomic mass is 9.92. The number of methoxy groups -OCH3 is 3. The summed E-state index contributed by atoms with van der Waals surface area (Å²) < 4.78 is 43.8. The van der Waals surface area contributed by atoms with Crippen LogP contribution in [0.3, 0.4) is 0 Å². The number of ketones is 2. The maximum atomic E-state index is 13.6. The van der Waals surface area contributed by atoms with Crippen molar-refractivity contribution in [3.05, 3.63) is 130 Å². The average Bonchev–Trinajstić information content (AvgIpc) is 3.65. The molecule has 49 heavy (non-hydrogen) atoms. The summed E-state index contributed by atoms with van der Waals surface area (Å²) in [5.41, 5.74) is 1.81. The fourth-order valence-corrected chi connectivity index (χ4v) is 8.23. The molecule has 1 amide bonds. The van der Waals surface area contributed by atoms with Crippen molar-refractivity contribution >= 4 is 61.8 Å². The molecule has 0 atom stereocenters. The fourth-order valence-electron chi connectivity index (χ4n) is 5.12. The van der Waals surface area contributed by atoms with E-state index in [0.717, 1.165) is 4.21 Å². The third kappa shape index (κ3) is 6.68. The molecule has 6 rings (SSSR count). The monoisotopic (exact) mass is 712 g/mol. The zero-order valence-electron chi connectivity index (χ0n) is 26.3. The molecule has 1 aliphatic carbocycles. The van der Waals surface area contributed by atoms with E-state index in [1.54, 1.807) is 24.3 Å². The van der Waals surface area contributed by atoms with Gasteiger partial charge < -0.3 is 24.8 Å². The first kappa shape index (κ1) is 33.5. The molecule has 0 bridgehead atoms. The zero-order valence-corrected chi connectivity index (χ0v) is 28.8. The summed E-state index contributed by atoms with van der Waals surface area (Å²) in [6, 6.07) is 25.1. The molecule has 248 valence electrons.